The number of carbonyl (C=O) groups is 1. The topological polar surface area (TPSA) is 91.2 Å². The van der Waals surface area contributed by atoms with Crippen molar-refractivity contribution in [1.29, 1.82) is 0 Å². The molecule has 4 aromatic rings. The van der Waals surface area contributed by atoms with Gasteiger partial charge in [0.15, 0.2) is 0 Å². The SMILES string of the molecule is COc1cccc(-c2cc(C(=O)Nc3cnc(Oc4ccccc4)nc3)n(C)n2)c1. The van der Waals surface area contributed by atoms with Crippen molar-refractivity contribution >= 4 is 11.6 Å². The summed E-state index contributed by atoms with van der Waals surface area (Å²) in [4.78, 5) is 21.0. The summed E-state index contributed by atoms with van der Waals surface area (Å²) in [6, 6.07) is 18.6. The lowest BCUT2D eigenvalue weighted by atomic mass is 10.1. The van der Waals surface area contributed by atoms with Crippen molar-refractivity contribution < 1.29 is 14.3 Å². The molecular formula is C22H19N5O3. The molecule has 0 bridgehead atoms. The van der Waals surface area contributed by atoms with Crippen LogP contribution < -0.4 is 14.8 Å². The molecule has 2 aromatic heterocycles. The molecule has 0 atom stereocenters. The maximum atomic E-state index is 12.7. The summed E-state index contributed by atoms with van der Waals surface area (Å²) in [5.41, 5.74) is 2.38. The molecule has 0 aliphatic carbocycles. The summed E-state index contributed by atoms with van der Waals surface area (Å²) in [5, 5.41) is 7.20. The number of carbonyl (C=O) groups excluding carboxylic acids is 1. The van der Waals surface area contributed by atoms with Crippen LogP contribution in [0, 0.1) is 0 Å². The lowest BCUT2D eigenvalue weighted by molar-refractivity contribution is 0.101. The minimum absolute atomic E-state index is 0.194. The average molecular weight is 401 g/mol. The van der Waals surface area contributed by atoms with E-state index in [1.54, 1.807) is 32.4 Å². The lowest BCUT2D eigenvalue weighted by Crippen LogP contribution is -2.16. The first-order chi connectivity index (χ1) is 14.6. The van der Waals surface area contributed by atoms with Gasteiger partial charge in [0.2, 0.25) is 0 Å². The van der Waals surface area contributed by atoms with Crippen LogP contribution in [-0.2, 0) is 7.05 Å². The third-order valence-corrected chi connectivity index (χ3v) is 4.32. The van der Waals surface area contributed by atoms with Gasteiger partial charge in [-0.3, -0.25) is 9.48 Å². The van der Waals surface area contributed by atoms with E-state index in [-0.39, 0.29) is 11.9 Å². The molecule has 0 aliphatic heterocycles. The maximum Gasteiger partial charge on any atom is 0.322 e. The first-order valence-electron chi connectivity index (χ1n) is 9.17. The monoisotopic (exact) mass is 401 g/mol. The van der Waals surface area contributed by atoms with Crippen molar-refractivity contribution in [2.45, 2.75) is 0 Å². The summed E-state index contributed by atoms with van der Waals surface area (Å²) in [5.74, 6) is 1.04. The fourth-order valence-electron chi connectivity index (χ4n) is 2.83. The van der Waals surface area contributed by atoms with Gasteiger partial charge in [-0.05, 0) is 30.3 Å². The second-order valence-corrected chi connectivity index (χ2v) is 6.39. The predicted molar refractivity (Wildman–Crippen MR) is 112 cm³/mol. The molecule has 0 saturated carbocycles. The Morgan fingerprint density at radius 2 is 1.70 bits per heavy atom. The molecule has 8 nitrogen and oxygen atoms in total. The third-order valence-electron chi connectivity index (χ3n) is 4.32. The number of benzene rings is 2. The van der Waals surface area contributed by atoms with Gasteiger partial charge in [-0.1, -0.05) is 30.3 Å². The van der Waals surface area contributed by atoms with Crippen LogP contribution in [-0.4, -0.2) is 32.8 Å². The van der Waals surface area contributed by atoms with E-state index in [1.807, 2.05) is 42.5 Å². The number of aryl methyl sites for hydroxylation is 1. The van der Waals surface area contributed by atoms with Crippen LogP contribution in [0.25, 0.3) is 11.3 Å². The average Bonchev–Trinajstić information content (AvgIpc) is 3.18. The number of anilines is 1. The molecule has 0 aliphatic rings. The molecule has 0 spiro atoms. The Kier molecular flexibility index (Phi) is 5.38. The van der Waals surface area contributed by atoms with Gasteiger partial charge >= 0.3 is 6.01 Å². The Balaban J connectivity index is 1.47. The van der Waals surface area contributed by atoms with Crippen molar-refractivity contribution in [3.63, 3.8) is 0 Å². The van der Waals surface area contributed by atoms with Gasteiger partial charge < -0.3 is 14.8 Å². The highest BCUT2D eigenvalue weighted by Crippen LogP contribution is 2.24. The van der Waals surface area contributed by atoms with E-state index in [9.17, 15) is 4.79 Å². The quantitative estimate of drug-likeness (QED) is 0.526. The minimum atomic E-state index is -0.320. The van der Waals surface area contributed by atoms with Gasteiger partial charge in [-0.2, -0.15) is 5.10 Å². The van der Waals surface area contributed by atoms with Gasteiger partial charge in [0.05, 0.1) is 30.9 Å². The summed E-state index contributed by atoms with van der Waals surface area (Å²) in [6.45, 7) is 0. The molecular weight excluding hydrogens is 382 g/mol. The standard InChI is InChI=1S/C22H19N5O3/c1-27-20(12-19(26-27)15-7-6-10-18(11-15)29-2)21(28)25-16-13-23-22(24-14-16)30-17-8-4-3-5-9-17/h3-14H,1-2H3,(H,25,28). The molecule has 30 heavy (non-hydrogen) atoms. The number of hydrogen-bond acceptors (Lipinski definition) is 6. The summed E-state index contributed by atoms with van der Waals surface area (Å²) < 4.78 is 12.3. The second kappa shape index (κ2) is 8.44. The molecule has 1 N–H and O–H groups in total. The zero-order valence-corrected chi connectivity index (χ0v) is 16.4. The van der Waals surface area contributed by atoms with Crippen molar-refractivity contribution in [1.82, 2.24) is 19.7 Å². The van der Waals surface area contributed by atoms with Crippen LogP contribution in [0.3, 0.4) is 0 Å². The van der Waals surface area contributed by atoms with Gasteiger partial charge in [0, 0.05) is 12.6 Å². The highest BCUT2D eigenvalue weighted by atomic mass is 16.5. The fraction of sp³-hybridized carbons (Fsp3) is 0.0909. The highest BCUT2D eigenvalue weighted by Gasteiger charge is 2.15. The number of nitrogens with one attached hydrogen (secondary N) is 1. The number of nitrogens with zero attached hydrogens (tertiary/aromatic N) is 4. The molecule has 2 aromatic carbocycles. The normalized spacial score (nSPS) is 10.5. The number of ether oxygens (including phenoxy) is 2. The first-order valence-corrected chi connectivity index (χ1v) is 9.17. The Labute approximate surface area is 173 Å². The molecule has 1 amide bonds. The number of aromatic nitrogens is 4. The van der Waals surface area contributed by atoms with Crippen molar-refractivity contribution in [2.75, 3.05) is 12.4 Å². The summed E-state index contributed by atoms with van der Waals surface area (Å²) in [7, 11) is 3.32. The van der Waals surface area contributed by atoms with Gasteiger partial charge in [-0.25, -0.2) is 9.97 Å². The van der Waals surface area contributed by atoms with E-state index >= 15 is 0 Å². The molecule has 2 heterocycles. The maximum absolute atomic E-state index is 12.7. The molecule has 150 valence electrons. The van der Waals surface area contributed by atoms with Crippen molar-refractivity contribution in [3.05, 3.63) is 78.8 Å². The van der Waals surface area contributed by atoms with E-state index in [2.05, 4.69) is 20.4 Å². The van der Waals surface area contributed by atoms with Gasteiger partial charge in [0.25, 0.3) is 5.91 Å². The van der Waals surface area contributed by atoms with E-state index in [0.717, 1.165) is 11.3 Å². The van der Waals surface area contributed by atoms with Crippen molar-refractivity contribution in [3.8, 4) is 28.8 Å². The van der Waals surface area contributed by atoms with Crippen LogP contribution in [0.5, 0.6) is 17.5 Å². The van der Waals surface area contributed by atoms with E-state index in [0.29, 0.717) is 22.8 Å². The van der Waals surface area contributed by atoms with Crippen LogP contribution in [0.2, 0.25) is 0 Å². The van der Waals surface area contributed by atoms with E-state index in [1.165, 1.54) is 17.1 Å². The number of hydrogen-bond donors (Lipinski definition) is 1. The first kappa shape index (κ1) is 19.1. The van der Waals surface area contributed by atoms with Gasteiger partial charge in [0.1, 0.15) is 17.2 Å². The fourth-order valence-corrected chi connectivity index (χ4v) is 2.83. The number of rotatable bonds is 6. The molecule has 4 rings (SSSR count). The lowest BCUT2D eigenvalue weighted by Gasteiger charge is -2.06. The van der Waals surface area contributed by atoms with Crippen LogP contribution in [0.4, 0.5) is 5.69 Å². The number of amides is 1. The second-order valence-electron chi connectivity index (χ2n) is 6.39. The molecule has 8 heteroatoms. The Morgan fingerprint density at radius 3 is 2.43 bits per heavy atom. The molecule has 0 unspecified atom stereocenters. The largest absolute Gasteiger partial charge is 0.497 e. The Hall–Kier alpha value is -4.20. The predicted octanol–water partition coefficient (Wildman–Crippen LogP) is 3.93. The smallest absolute Gasteiger partial charge is 0.322 e. The number of methoxy groups -OCH3 is 1. The Bertz CT molecular complexity index is 1160. The minimum Gasteiger partial charge on any atom is -0.497 e. The summed E-state index contributed by atoms with van der Waals surface area (Å²) in [6.07, 6.45) is 2.98. The van der Waals surface area contributed by atoms with Crippen LogP contribution >= 0.6 is 0 Å². The zero-order chi connectivity index (χ0) is 20.9. The number of para-hydroxylation sites is 1. The zero-order valence-electron chi connectivity index (χ0n) is 16.4. The molecule has 0 radical (unpaired) electrons. The van der Waals surface area contributed by atoms with E-state index < -0.39 is 0 Å². The van der Waals surface area contributed by atoms with Crippen molar-refractivity contribution in [2.24, 2.45) is 7.05 Å². The highest BCUT2D eigenvalue weighted by molar-refractivity contribution is 6.03. The molecule has 0 saturated heterocycles. The Morgan fingerprint density at radius 1 is 0.967 bits per heavy atom. The van der Waals surface area contributed by atoms with Gasteiger partial charge in [-0.15, -0.1) is 0 Å². The van der Waals surface area contributed by atoms with E-state index in [4.69, 9.17) is 9.47 Å². The van der Waals surface area contributed by atoms with Crippen LogP contribution in [0.15, 0.2) is 73.1 Å². The third kappa shape index (κ3) is 4.27. The molecule has 0 fully saturated rings. The van der Waals surface area contributed by atoms with Crippen LogP contribution in [0.1, 0.15) is 10.5 Å². The summed E-state index contributed by atoms with van der Waals surface area (Å²) >= 11 is 0.